The Balaban J connectivity index is 1.73. The van der Waals surface area contributed by atoms with Gasteiger partial charge in [0.1, 0.15) is 0 Å². The second-order valence-corrected chi connectivity index (χ2v) is 6.33. The van der Waals surface area contributed by atoms with Crippen molar-refractivity contribution in [2.75, 3.05) is 5.32 Å². The molecular formula is C17H18NO4-. The molecule has 3 rings (SSSR count). The fraction of sp³-hybridized carbons (Fsp3) is 0.471. The summed E-state index contributed by atoms with van der Waals surface area (Å²) in [5.41, 5.74) is 1.15. The Labute approximate surface area is 128 Å². The third-order valence-corrected chi connectivity index (χ3v) is 5.05. The highest BCUT2D eigenvalue weighted by atomic mass is 16.4. The number of carbonyl (C=O) groups is 3. The van der Waals surface area contributed by atoms with Gasteiger partial charge < -0.3 is 15.2 Å². The van der Waals surface area contributed by atoms with Gasteiger partial charge in [-0.05, 0) is 62.3 Å². The molecule has 116 valence electrons. The molecule has 0 spiro atoms. The standard InChI is InChI=1S/C17H19NO4/c1-9(19)10-4-6-13(7-5-10)18-16(20)14-11-2-3-12(8-11)15(14)17(21)22/h4-7,11-12,14-15H,2-3,8H2,1H3,(H,18,20)(H,21,22)/p-1/t11-,12-,14+,15-/m0/s1. The third kappa shape index (κ3) is 2.51. The average molecular weight is 300 g/mol. The smallest absolute Gasteiger partial charge is 0.228 e. The van der Waals surface area contributed by atoms with Crippen molar-refractivity contribution < 1.29 is 19.5 Å². The molecule has 2 bridgehead atoms. The Morgan fingerprint density at radius 3 is 2.18 bits per heavy atom. The van der Waals surface area contributed by atoms with Crippen LogP contribution in [0.25, 0.3) is 0 Å². The summed E-state index contributed by atoms with van der Waals surface area (Å²) >= 11 is 0. The highest BCUT2D eigenvalue weighted by Gasteiger charge is 2.51. The number of anilines is 1. The number of Topliss-reactive ketones (excluding diaryl/α,β-unsaturated/α-hetero) is 1. The zero-order valence-corrected chi connectivity index (χ0v) is 12.4. The maximum Gasteiger partial charge on any atom is 0.228 e. The number of fused-ring (bicyclic) bond motifs is 2. The zero-order chi connectivity index (χ0) is 15.9. The lowest BCUT2D eigenvalue weighted by atomic mass is 9.78. The van der Waals surface area contributed by atoms with Crippen LogP contribution in [0.1, 0.15) is 36.5 Å². The quantitative estimate of drug-likeness (QED) is 0.848. The average Bonchev–Trinajstić information content (AvgIpc) is 3.08. The maximum atomic E-state index is 12.5. The lowest BCUT2D eigenvalue weighted by molar-refractivity contribution is -0.314. The highest BCUT2D eigenvalue weighted by molar-refractivity contribution is 5.97. The first kappa shape index (κ1) is 14.8. The van der Waals surface area contributed by atoms with E-state index >= 15 is 0 Å². The monoisotopic (exact) mass is 300 g/mol. The largest absolute Gasteiger partial charge is 0.550 e. The van der Waals surface area contributed by atoms with Crippen LogP contribution in [0, 0.1) is 23.7 Å². The van der Waals surface area contributed by atoms with Gasteiger partial charge in [0.2, 0.25) is 5.91 Å². The Kier molecular flexibility index (Phi) is 3.72. The number of amides is 1. The minimum Gasteiger partial charge on any atom is -0.550 e. The lowest BCUT2D eigenvalue weighted by Crippen LogP contribution is -2.43. The molecule has 2 aliphatic carbocycles. The molecule has 5 heteroatoms. The molecule has 2 fully saturated rings. The molecular weight excluding hydrogens is 282 g/mol. The van der Waals surface area contributed by atoms with Crippen LogP contribution in [-0.2, 0) is 9.59 Å². The van der Waals surface area contributed by atoms with Crippen molar-refractivity contribution in [1.82, 2.24) is 0 Å². The van der Waals surface area contributed by atoms with Crippen molar-refractivity contribution in [2.24, 2.45) is 23.7 Å². The third-order valence-electron chi connectivity index (χ3n) is 5.05. The molecule has 5 nitrogen and oxygen atoms in total. The van der Waals surface area contributed by atoms with E-state index in [1.165, 1.54) is 6.92 Å². The van der Waals surface area contributed by atoms with E-state index in [9.17, 15) is 19.5 Å². The van der Waals surface area contributed by atoms with Crippen LogP contribution in [0.3, 0.4) is 0 Å². The van der Waals surface area contributed by atoms with Gasteiger partial charge in [0.15, 0.2) is 5.78 Å². The predicted octanol–water partition coefficient (Wildman–Crippen LogP) is 1.24. The number of nitrogens with one attached hydrogen (secondary N) is 1. The Morgan fingerprint density at radius 1 is 1.05 bits per heavy atom. The molecule has 0 saturated heterocycles. The van der Waals surface area contributed by atoms with Gasteiger partial charge >= 0.3 is 0 Å². The number of carboxylic acid groups (broad SMARTS) is 1. The molecule has 0 unspecified atom stereocenters. The van der Waals surface area contributed by atoms with Crippen LogP contribution >= 0.6 is 0 Å². The maximum absolute atomic E-state index is 12.5. The predicted molar refractivity (Wildman–Crippen MR) is 77.9 cm³/mol. The summed E-state index contributed by atoms with van der Waals surface area (Å²) in [6.45, 7) is 1.48. The van der Waals surface area contributed by atoms with Gasteiger partial charge in [-0.2, -0.15) is 0 Å². The first-order valence-electron chi connectivity index (χ1n) is 7.60. The van der Waals surface area contributed by atoms with E-state index in [2.05, 4.69) is 5.32 Å². The van der Waals surface area contributed by atoms with Crippen LogP contribution in [0.4, 0.5) is 5.69 Å². The van der Waals surface area contributed by atoms with Crippen LogP contribution in [0.5, 0.6) is 0 Å². The number of benzene rings is 1. The van der Waals surface area contributed by atoms with Crippen LogP contribution in [0.15, 0.2) is 24.3 Å². The summed E-state index contributed by atoms with van der Waals surface area (Å²) in [5, 5.41) is 14.1. The van der Waals surface area contributed by atoms with Crippen molar-refractivity contribution in [2.45, 2.75) is 26.2 Å². The molecule has 0 radical (unpaired) electrons. The Morgan fingerprint density at radius 2 is 1.64 bits per heavy atom. The van der Waals surface area contributed by atoms with Crippen LogP contribution in [0.2, 0.25) is 0 Å². The van der Waals surface area contributed by atoms with Crippen molar-refractivity contribution in [3.63, 3.8) is 0 Å². The molecule has 0 heterocycles. The van der Waals surface area contributed by atoms with E-state index in [-0.39, 0.29) is 23.5 Å². The van der Waals surface area contributed by atoms with Gasteiger partial charge in [-0.1, -0.05) is 0 Å². The van der Waals surface area contributed by atoms with Crippen molar-refractivity contribution in [3.05, 3.63) is 29.8 Å². The Bertz CT molecular complexity index is 622. The number of carbonyl (C=O) groups excluding carboxylic acids is 3. The normalized spacial score (nSPS) is 29.3. The highest BCUT2D eigenvalue weighted by Crippen LogP contribution is 2.52. The molecule has 1 aromatic carbocycles. The summed E-state index contributed by atoms with van der Waals surface area (Å²) in [5.74, 6) is -2.36. The van der Waals surface area contributed by atoms with Crippen LogP contribution < -0.4 is 10.4 Å². The fourth-order valence-electron chi connectivity index (χ4n) is 4.02. The molecule has 2 saturated carbocycles. The molecule has 1 amide bonds. The number of hydrogen-bond acceptors (Lipinski definition) is 4. The van der Waals surface area contributed by atoms with Gasteiger partial charge in [0, 0.05) is 29.1 Å². The molecule has 0 aliphatic heterocycles. The second kappa shape index (κ2) is 5.55. The molecule has 4 atom stereocenters. The first-order valence-corrected chi connectivity index (χ1v) is 7.60. The molecule has 1 aromatic rings. The van der Waals surface area contributed by atoms with Gasteiger partial charge in [-0.15, -0.1) is 0 Å². The van der Waals surface area contributed by atoms with Crippen LogP contribution in [-0.4, -0.2) is 17.7 Å². The molecule has 22 heavy (non-hydrogen) atoms. The summed E-state index contributed by atoms with van der Waals surface area (Å²) in [7, 11) is 0. The van der Waals surface area contributed by atoms with E-state index in [0.29, 0.717) is 11.3 Å². The summed E-state index contributed by atoms with van der Waals surface area (Å²) in [6.07, 6.45) is 2.59. The SMILES string of the molecule is CC(=O)c1ccc(NC(=O)[C@@H]2[C@H]3CC[C@@H](C3)[C@@H]2C(=O)[O-])cc1. The van der Waals surface area contributed by atoms with Gasteiger partial charge in [-0.3, -0.25) is 9.59 Å². The van der Waals surface area contributed by atoms with E-state index < -0.39 is 17.8 Å². The summed E-state index contributed by atoms with van der Waals surface area (Å²) in [6, 6.07) is 6.62. The van der Waals surface area contributed by atoms with Crippen molar-refractivity contribution in [1.29, 1.82) is 0 Å². The Hall–Kier alpha value is -2.17. The summed E-state index contributed by atoms with van der Waals surface area (Å²) in [4.78, 5) is 35.1. The number of carboxylic acids is 1. The van der Waals surface area contributed by atoms with Gasteiger partial charge in [0.25, 0.3) is 0 Å². The number of ketones is 1. The minimum atomic E-state index is -1.11. The lowest BCUT2D eigenvalue weighted by Gasteiger charge is -2.30. The first-order chi connectivity index (χ1) is 10.5. The van der Waals surface area contributed by atoms with Crippen molar-refractivity contribution in [3.8, 4) is 0 Å². The van der Waals surface area contributed by atoms with Crippen molar-refractivity contribution >= 4 is 23.3 Å². The van der Waals surface area contributed by atoms with E-state index in [1.54, 1.807) is 24.3 Å². The zero-order valence-electron chi connectivity index (χ0n) is 12.4. The molecule has 2 aliphatic rings. The van der Waals surface area contributed by atoms with Gasteiger partial charge in [-0.25, -0.2) is 0 Å². The minimum absolute atomic E-state index is 0.0389. The van der Waals surface area contributed by atoms with E-state index in [4.69, 9.17) is 0 Å². The number of hydrogen-bond donors (Lipinski definition) is 1. The second-order valence-electron chi connectivity index (χ2n) is 6.33. The molecule has 1 N–H and O–H groups in total. The fourth-order valence-corrected chi connectivity index (χ4v) is 4.02. The molecule has 0 aromatic heterocycles. The summed E-state index contributed by atoms with van der Waals surface area (Å²) < 4.78 is 0. The van der Waals surface area contributed by atoms with E-state index in [0.717, 1.165) is 19.3 Å². The number of aliphatic carboxylic acids is 1. The van der Waals surface area contributed by atoms with E-state index in [1.807, 2.05) is 0 Å². The van der Waals surface area contributed by atoms with Gasteiger partial charge in [0.05, 0.1) is 0 Å². The number of rotatable bonds is 4. The topological polar surface area (TPSA) is 86.3 Å².